The van der Waals surface area contributed by atoms with E-state index in [1.807, 2.05) is 30.3 Å². The van der Waals surface area contributed by atoms with Gasteiger partial charge in [0, 0.05) is 18.3 Å². The van der Waals surface area contributed by atoms with Crippen molar-refractivity contribution < 1.29 is 23.1 Å². The van der Waals surface area contributed by atoms with Crippen LogP contribution in [0.3, 0.4) is 0 Å². The molecule has 252 valence electrons. The summed E-state index contributed by atoms with van der Waals surface area (Å²) in [5, 5.41) is 17.5. The van der Waals surface area contributed by atoms with E-state index in [4.69, 9.17) is 0 Å². The number of aromatic nitrogens is 2. The summed E-state index contributed by atoms with van der Waals surface area (Å²) < 4.78 is 25.5. The average molecular weight is 645 g/mol. The van der Waals surface area contributed by atoms with E-state index >= 15 is 0 Å². The molecule has 1 heterocycles. The van der Waals surface area contributed by atoms with Crippen LogP contribution in [0.15, 0.2) is 42.9 Å². The first-order chi connectivity index (χ1) is 21.3. The number of aliphatic hydroxyl groups excluding tert-OH is 1. The van der Waals surface area contributed by atoms with Crippen LogP contribution in [0.2, 0.25) is 0 Å². The van der Waals surface area contributed by atoms with E-state index in [1.54, 1.807) is 27.0 Å². The van der Waals surface area contributed by atoms with E-state index in [2.05, 4.69) is 34.4 Å². The van der Waals surface area contributed by atoms with Gasteiger partial charge in [0.25, 0.3) is 0 Å². The molecule has 1 aliphatic carbocycles. The second kappa shape index (κ2) is 17.3. The Bertz CT molecular complexity index is 1270. The van der Waals surface area contributed by atoms with E-state index in [9.17, 15) is 23.1 Å². The number of sulfone groups is 1. The summed E-state index contributed by atoms with van der Waals surface area (Å²) in [5.41, 5.74) is 1.51. The van der Waals surface area contributed by atoms with Crippen LogP contribution in [0.4, 0.5) is 0 Å². The standard InChI is InChI=1S/C35H56N4O5S/c1-6-25(7-2)20-32(40)30(19-27-16-12-9-13-17-27)38-34(42)31(21-29-22-36-24-37-29)39-33(41)28(18-26-14-10-8-11-15-26)23-45(43,44)35(3,4)5/h8,10-11,14-15,22,24-25,27-28,30-32,40H,6-7,9,12-13,16-21,23H2,1-5H3,(H,36,37)(H,38,42)(H,39,41)/t28-,30+,31+,32+/m1/s1. The SMILES string of the molecule is CCC(CC)C[C@H](O)[C@H](CC1CCCCC1)NC(=O)[C@H](Cc1cnc[nH]1)NC(=O)[C@H](Cc1ccccc1)CS(=O)(=O)C(C)(C)C. The second-order valence-corrected chi connectivity index (χ2v) is 16.8. The number of hydrogen-bond acceptors (Lipinski definition) is 6. The number of H-pyrrole nitrogens is 1. The third kappa shape index (κ3) is 11.5. The molecule has 1 fully saturated rings. The maximum absolute atomic E-state index is 14.0. The van der Waals surface area contributed by atoms with Crippen LogP contribution in [0.5, 0.6) is 0 Å². The first kappa shape index (κ1) is 36.7. The van der Waals surface area contributed by atoms with Crippen molar-refractivity contribution in [3.8, 4) is 0 Å². The Morgan fingerprint density at radius 1 is 1.00 bits per heavy atom. The van der Waals surface area contributed by atoms with Gasteiger partial charge < -0.3 is 20.7 Å². The molecule has 0 bridgehead atoms. The van der Waals surface area contributed by atoms with Crippen molar-refractivity contribution in [1.29, 1.82) is 0 Å². The monoisotopic (exact) mass is 644 g/mol. The lowest BCUT2D eigenvalue weighted by Gasteiger charge is -2.33. The predicted octanol–water partition coefficient (Wildman–Crippen LogP) is 5.15. The molecule has 45 heavy (non-hydrogen) atoms. The molecule has 0 aliphatic heterocycles. The largest absolute Gasteiger partial charge is 0.391 e. The Hall–Kier alpha value is -2.72. The maximum atomic E-state index is 14.0. The highest BCUT2D eigenvalue weighted by atomic mass is 32.2. The lowest BCUT2D eigenvalue weighted by molar-refractivity contribution is -0.131. The smallest absolute Gasteiger partial charge is 0.243 e. The van der Waals surface area contributed by atoms with E-state index in [1.165, 1.54) is 12.7 Å². The van der Waals surface area contributed by atoms with Gasteiger partial charge in [0.15, 0.2) is 9.84 Å². The van der Waals surface area contributed by atoms with Crippen LogP contribution >= 0.6 is 0 Å². The van der Waals surface area contributed by atoms with Crippen molar-refractivity contribution >= 4 is 21.7 Å². The van der Waals surface area contributed by atoms with Crippen LogP contribution < -0.4 is 10.6 Å². The van der Waals surface area contributed by atoms with E-state index in [0.29, 0.717) is 30.4 Å². The molecule has 1 aromatic carbocycles. The highest BCUT2D eigenvalue weighted by Gasteiger charge is 2.36. The highest BCUT2D eigenvalue weighted by Crippen LogP contribution is 2.29. The van der Waals surface area contributed by atoms with Crippen LogP contribution in [0, 0.1) is 17.8 Å². The van der Waals surface area contributed by atoms with Gasteiger partial charge in [-0.1, -0.05) is 89.1 Å². The number of nitrogens with one attached hydrogen (secondary N) is 3. The third-order valence-electron chi connectivity index (χ3n) is 9.49. The van der Waals surface area contributed by atoms with Gasteiger partial charge in [-0.25, -0.2) is 13.4 Å². The maximum Gasteiger partial charge on any atom is 0.243 e. The molecule has 1 aromatic heterocycles. The fourth-order valence-electron chi connectivity index (χ4n) is 6.26. The van der Waals surface area contributed by atoms with Gasteiger partial charge in [-0.15, -0.1) is 0 Å². The quantitative estimate of drug-likeness (QED) is 0.188. The van der Waals surface area contributed by atoms with E-state index < -0.39 is 44.6 Å². The molecule has 0 spiro atoms. The topological polar surface area (TPSA) is 141 Å². The normalized spacial score (nSPS) is 17.4. The molecule has 3 rings (SSSR count). The van der Waals surface area contributed by atoms with E-state index in [0.717, 1.165) is 44.1 Å². The molecule has 0 unspecified atom stereocenters. The number of carbonyl (C=O) groups is 2. The molecule has 1 saturated carbocycles. The molecular weight excluding hydrogens is 588 g/mol. The molecule has 2 amide bonds. The number of nitrogens with zero attached hydrogens (tertiary/aromatic N) is 1. The van der Waals surface area contributed by atoms with Crippen LogP contribution in [0.25, 0.3) is 0 Å². The Kier molecular flexibility index (Phi) is 14.1. The van der Waals surface area contributed by atoms with Crippen LogP contribution in [0.1, 0.15) is 104 Å². The van der Waals surface area contributed by atoms with Crippen molar-refractivity contribution in [1.82, 2.24) is 20.6 Å². The van der Waals surface area contributed by atoms with Crippen molar-refractivity contribution in [2.45, 2.75) is 128 Å². The Labute approximate surface area is 270 Å². The molecule has 4 atom stereocenters. The zero-order valence-electron chi connectivity index (χ0n) is 27.9. The fourth-order valence-corrected chi connectivity index (χ4v) is 7.56. The number of imidazole rings is 1. The number of carbonyl (C=O) groups excluding carboxylic acids is 2. The molecule has 1 aliphatic rings. The van der Waals surface area contributed by atoms with Crippen molar-refractivity contribution in [3.05, 3.63) is 54.1 Å². The highest BCUT2D eigenvalue weighted by molar-refractivity contribution is 7.92. The van der Waals surface area contributed by atoms with Crippen LogP contribution in [-0.4, -0.2) is 64.0 Å². The van der Waals surface area contributed by atoms with Gasteiger partial charge in [0.1, 0.15) is 6.04 Å². The summed E-state index contributed by atoms with van der Waals surface area (Å²) in [7, 11) is -3.64. The van der Waals surface area contributed by atoms with Gasteiger partial charge in [-0.3, -0.25) is 9.59 Å². The summed E-state index contributed by atoms with van der Waals surface area (Å²) >= 11 is 0. The second-order valence-electron chi connectivity index (χ2n) is 14.0. The van der Waals surface area contributed by atoms with E-state index in [-0.39, 0.29) is 24.5 Å². The summed E-state index contributed by atoms with van der Waals surface area (Å²) in [5.74, 6) is -1.33. The number of amides is 2. The zero-order chi connectivity index (χ0) is 33.0. The minimum atomic E-state index is -3.64. The molecule has 2 aromatic rings. The summed E-state index contributed by atoms with van der Waals surface area (Å²) in [6.45, 7) is 9.14. The average Bonchev–Trinajstić information content (AvgIpc) is 3.52. The summed E-state index contributed by atoms with van der Waals surface area (Å²) in [4.78, 5) is 35.0. The predicted molar refractivity (Wildman–Crippen MR) is 179 cm³/mol. The summed E-state index contributed by atoms with van der Waals surface area (Å²) in [6, 6.07) is 7.90. The van der Waals surface area contributed by atoms with Gasteiger partial charge in [0.2, 0.25) is 11.8 Å². The summed E-state index contributed by atoms with van der Waals surface area (Å²) in [6.07, 6.45) is 11.7. The van der Waals surface area contributed by atoms with Crippen molar-refractivity contribution in [2.24, 2.45) is 17.8 Å². The Balaban J connectivity index is 1.86. The van der Waals surface area contributed by atoms with Gasteiger partial charge in [-0.2, -0.15) is 0 Å². The lowest BCUT2D eigenvalue weighted by Crippen LogP contribution is -2.55. The molecule has 0 radical (unpaired) electrons. The van der Waals surface area contributed by atoms with Gasteiger partial charge in [-0.05, 0) is 57.4 Å². The fraction of sp³-hybridized carbons (Fsp3) is 0.686. The molecule has 0 saturated heterocycles. The van der Waals surface area contributed by atoms with Gasteiger partial charge >= 0.3 is 0 Å². The molecule has 9 nitrogen and oxygen atoms in total. The number of benzene rings is 1. The third-order valence-corrected chi connectivity index (χ3v) is 12.2. The lowest BCUT2D eigenvalue weighted by atomic mass is 9.82. The van der Waals surface area contributed by atoms with Gasteiger partial charge in [0.05, 0.1) is 34.9 Å². The Morgan fingerprint density at radius 2 is 1.67 bits per heavy atom. The first-order valence-corrected chi connectivity index (χ1v) is 18.5. The number of rotatable bonds is 17. The molecule has 10 heteroatoms. The number of hydrogen-bond donors (Lipinski definition) is 4. The van der Waals surface area contributed by atoms with Crippen molar-refractivity contribution in [3.63, 3.8) is 0 Å². The Morgan fingerprint density at radius 3 is 2.24 bits per heavy atom. The minimum Gasteiger partial charge on any atom is -0.391 e. The molecule has 4 N–H and O–H groups in total. The molecular formula is C35H56N4O5S. The van der Waals surface area contributed by atoms with Crippen molar-refractivity contribution in [2.75, 3.05) is 5.75 Å². The van der Waals surface area contributed by atoms with Crippen LogP contribution in [-0.2, 0) is 32.3 Å². The number of aromatic amines is 1. The first-order valence-electron chi connectivity index (χ1n) is 16.8. The number of aliphatic hydroxyl groups is 1. The zero-order valence-corrected chi connectivity index (χ0v) is 28.7. The minimum absolute atomic E-state index is 0.153.